The molecule has 2 fully saturated rings. The van der Waals surface area contributed by atoms with E-state index in [4.69, 9.17) is 9.47 Å². The number of ketones is 1. The Bertz CT molecular complexity index is 1230. The van der Waals surface area contributed by atoms with Crippen LogP contribution in [0.5, 0.6) is 0 Å². The number of methoxy groups -OCH3 is 1. The van der Waals surface area contributed by atoms with Gasteiger partial charge >= 0.3 is 11.9 Å². The number of unbranched alkanes of at least 4 members (excludes halogenated alkanes) is 11. The number of carbonyl (C=O) groups is 3. The van der Waals surface area contributed by atoms with Gasteiger partial charge in [0.15, 0.2) is 5.78 Å². The quantitative estimate of drug-likeness (QED) is 0.0873. The zero-order valence-electron chi connectivity index (χ0n) is 30.1. The third-order valence-electron chi connectivity index (χ3n) is 12.2. The molecular formula is C40H62O7. The van der Waals surface area contributed by atoms with Gasteiger partial charge in [-0.3, -0.25) is 14.4 Å². The molecule has 4 aliphatic carbocycles. The van der Waals surface area contributed by atoms with Crippen LogP contribution in [0.1, 0.15) is 144 Å². The molecular weight excluding hydrogens is 592 g/mol. The van der Waals surface area contributed by atoms with Crippen LogP contribution in [0, 0.1) is 29.1 Å². The van der Waals surface area contributed by atoms with Crippen LogP contribution < -0.4 is 0 Å². The summed E-state index contributed by atoms with van der Waals surface area (Å²) in [6, 6.07) is 0. The number of ether oxygens (including phenoxy) is 2. The second kappa shape index (κ2) is 15.5. The Morgan fingerprint density at radius 1 is 0.915 bits per heavy atom. The van der Waals surface area contributed by atoms with Crippen LogP contribution in [-0.4, -0.2) is 51.8 Å². The van der Waals surface area contributed by atoms with Crippen molar-refractivity contribution in [3.05, 3.63) is 35.5 Å². The van der Waals surface area contributed by atoms with Gasteiger partial charge in [0.1, 0.15) is 11.2 Å². The Labute approximate surface area is 283 Å². The number of esters is 2. The monoisotopic (exact) mass is 654 g/mol. The maximum atomic E-state index is 13.3. The van der Waals surface area contributed by atoms with Gasteiger partial charge in [-0.2, -0.15) is 0 Å². The summed E-state index contributed by atoms with van der Waals surface area (Å²) in [5.41, 5.74) is -3.45. The Hall–Kier alpha value is -2.25. The molecule has 47 heavy (non-hydrogen) atoms. The molecule has 0 heterocycles. The zero-order valence-corrected chi connectivity index (χ0v) is 30.1. The van der Waals surface area contributed by atoms with Crippen molar-refractivity contribution >= 4 is 17.7 Å². The fraction of sp³-hybridized carbons (Fsp3) is 0.775. The summed E-state index contributed by atoms with van der Waals surface area (Å²) in [5.74, 6) is -3.00. The molecule has 0 aromatic carbocycles. The van der Waals surface area contributed by atoms with Crippen LogP contribution in [0.25, 0.3) is 0 Å². The lowest BCUT2D eigenvalue weighted by atomic mass is 9.60. The molecule has 4 aliphatic rings. The van der Waals surface area contributed by atoms with Gasteiger partial charge in [0, 0.05) is 36.0 Å². The topological polar surface area (TPSA) is 110 Å². The Balaban J connectivity index is 1.31. The van der Waals surface area contributed by atoms with E-state index in [2.05, 4.69) is 32.9 Å². The third-order valence-corrected chi connectivity index (χ3v) is 12.2. The van der Waals surface area contributed by atoms with Gasteiger partial charge in [-0.1, -0.05) is 109 Å². The maximum absolute atomic E-state index is 13.3. The Morgan fingerprint density at radius 2 is 1.51 bits per heavy atom. The van der Waals surface area contributed by atoms with Crippen LogP contribution >= 0.6 is 0 Å². The molecule has 7 atom stereocenters. The van der Waals surface area contributed by atoms with Crippen molar-refractivity contribution < 1.29 is 34.1 Å². The summed E-state index contributed by atoms with van der Waals surface area (Å²) in [6.45, 7) is 10.0. The molecule has 2 saturated carbocycles. The van der Waals surface area contributed by atoms with Crippen molar-refractivity contribution in [1.29, 1.82) is 0 Å². The summed E-state index contributed by atoms with van der Waals surface area (Å²) in [7, 11) is 1.31. The van der Waals surface area contributed by atoms with E-state index in [1.165, 1.54) is 58.5 Å². The first-order valence-electron chi connectivity index (χ1n) is 18.6. The summed E-state index contributed by atoms with van der Waals surface area (Å²) in [5, 5.41) is 24.5. The van der Waals surface area contributed by atoms with E-state index < -0.39 is 45.8 Å². The highest BCUT2D eigenvalue weighted by Gasteiger charge is 2.83. The Kier molecular flexibility index (Phi) is 12.4. The van der Waals surface area contributed by atoms with E-state index in [9.17, 15) is 24.6 Å². The SMILES string of the molecule is CCCCCCCC/C=C\CCCCCCCC(=O)O[C@@]12C[C@@H](C)[C@@]3(O)[C@@H](C=C(CC(=O)OC)C[C@]4(O)C(=O)C(C)=C[C@@H]34)[C@@H]1C2(C)C. The summed E-state index contributed by atoms with van der Waals surface area (Å²) in [4.78, 5) is 39.0. The molecule has 0 aliphatic heterocycles. The highest BCUT2D eigenvalue weighted by atomic mass is 16.6. The number of Topliss-reactive ketones (excluding diaryl/α,β-unsaturated/α-hetero) is 1. The first kappa shape index (κ1) is 37.6. The fourth-order valence-electron chi connectivity index (χ4n) is 9.46. The normalized spacial score (nSPS) is 33.7. The summed E-state index contributed by atoms with van der Waals surface area (Å²) < 4.78 is 11.3. The molecule has 7 heteroatoms. The number of rotatable bonds is 18. The molecule has 2 N–H and O–H groups in total. The van der Waals surface area contributed by atoms with Crippen LogP contribution in [-0.2, 0) is 23.9 Å². The fourth-order valence-corrected chi connectivity index (χ4v) is 9.46. The number of aliphatic hydroxyl groups is 2. The molecule has 0 radical (unpaired) electrons. The van der Waals surface area contributed by atoms with Crippen molar-refractivity contribution in [1.82, 2.24) is 0 Å². The zero-order chi connectivity index (χ0) is 34.5. The largest absolute Gasteiger partial charge is 0.469 e. The predicted octanol–water partition coefficient (Wildman–Crippen LogP) is 8.12. The van der Waals surface area contributed by atoms with E-state index >= 15 is 0 Å². The average molecular weight is 655 g/mol. The van der Waals surface area contributed by atoms with Crippen LogP contribution in [0.4, 0.5) is 0 Å². The van der Waals surface area contributed by atoms with Gasteiger partial charge in [0.05, 0.1) is 19.1 Å². The van der Waals surface area contributed by atoms with E-state index in [1.807, 2.05) is 13.0 Å². The van der Waals surface area contributed by atoms with E-state index in [-0.39, 0.29) is 30.6 Å². The molecule has 0 saturated heterocycles. The number of carbonyl (C=O) groups excluding carboxylic acids is 3. The summed E-state index contributed by atoms with van der Waals surface area (Å²) >= 11 is 0. The molecule has 0 bridgehead atoms. The van der Waals surface area contributed by atoms with Gasteiger partial charge in [-0.25, -0.2) is 0 Å². The molecule has 0 spiro atoms. The lowest BCUT2D eigenvalue weighted by Crippen LogP contribution is -2.61. The molecule has 0 aromatic rings. The van der Waals surface area contributed by atoms with E-state index in [0.29, 0.717) is 24.0 Å². The van der Waals surface area contributed by atoms with Crippen molar-refractivity contribution in [2.45, 2.75) is 161 Å². The van der Waals surface area contributed by atoms with Crippen molar-refractivity contribution in [3.63, 3.8) is 0 Å². The van der Waals surface area contributed by atoms with Gasteiger partial charge in [0.25, 0.3) is 0 Å². The molecule has 0 amide bonds. The number of allylic oxidation sites excluding steroid dienone is 2. The van der Waals surface area contributed by atoms with Gasteiger partial charge in [-0.05, 0) is 56.9 Å². The smallest absolute Gasteiger partial charge is 0.309 e. The number of hydrogen-bond acceptors (Lipinski definition) is 7. The van der Waals surface area contributed by atoms with Crippen molar-refractivity contribution in [2.75, 3.05) is 7.11 Å². The molecule has 7 nitrogen and oxygen atoms in total. The van der Waals surface area contributed by atoms with Crippen LogP contribution in [0.3, 0.4) is 0 Å². The van der Waals surface area contributed by atoms with Gasteiger partial charge < -0.3 is 19.7 Å². The Morgan fingerprint density at radius 3 is 2.13 bits per heavy atom. The lowest BCUT2D eigenvalue weighted by Gasteiger charge is -2.50. The van der Waals surface area contributed by atoms with Crippen LogP contribution in [0.15, 0.2) is 35.5 Å². The average Bonchev–Trinajstić information content (AvgIpc) is 3.42. The van der Waals surface area contributed by atoms with Crippen LogP contribution in [0.2, 0.25) is 0 Å². The molecule has 0 aromatic heterocycles. The van der Waals surface area contributed by atoms with Gasteiger partial charge in [-0.15, -0.1) is 0 Å². The highest BCUT2D eigenvalue weighted by molar-refractivity contribution is 6.05. The number of fused-ring (bicyclic) bond motifs is 5. The predicted molar refractivity (Wildman–Crippen MR) is 184 cm³/mol. The second-order valence-corrected chi connectivity index (χ2v) is 15.8. The minimum atomic E-state index is -1.83. The summed E-state index contributed by atoms with van der Waals surface area (Å²) in [6.07, 6.45) is 24.6. The standard InChI is InChI=1S/C40H62O7/c1-7-8-9-10-11-12-13-14-15-16-17-18-19-20-21-22-33(41)47-39-26-29(3)40(45)31(35(39)37(39,4)5)24-30(25-34(42)46-6)27-38(44)32(40)23-28(2)36(38)43/h14-15,23-24,29,31-32,35,44-45H,7-13,16-22,25-27H2,1-6H3/b15-14-/t29-,31+,32-,35-,38-,39+,40-/m1/s1. The second-order valence-electron chi connectivity index (χ2n) is 15.8. The first-order valence-corrected chi connectivity index (χ1v) is 18.6. The highest BCUT2D eigenvalue weighted by Crippen LogP contribution is 2.76. The van der Waals surface area contributed by atoms with Crippen molar-refractivity contribution in [3.8, 4) is 0 Å². The maximum Gasteiger partial charge on any atom is 0.309 e. The minimum absolute atomic E-state index is 0.0413. The molecule has 0 unspecified atom stereocenters. The van der Waals surface area contributed by atoms with Crippen molar-refractivity contribution in [2.24, 2.45) is 29.1 Å². The molecule has 264 valence electrons. The van der Waals surface area contributed by atoms with E-state index in [0.717, 1.165) is 32.1 Å². The minimum Gasteiger partial charge on any atom is -0.469 e. The van der Waals surface area contributed by atoms with Gasteiger partial charge in [0.2, 0.25) is 0 Å². The molecule has 4 rings (SSSR count). The third kappa shape index (κ3) is 7.51. The lowest BCUT2D eigenvalue weighted by molar-refractivity contribution is -0.187. The number of hydrogen-bond donors (Lipinski definition) is 2. The first-order chi connectivity index (χ1) is 22.3. The van der Waals surface area contributed by atoms with E-state index in [1.54, 1.807) is 13.0 Å².